The molecule has 1 fully saturated rings. The van der Waals surface area contributed by atoms with Crippen LogP contribution in [0.3, 0.4) is 0 Å². The molecule has 1 aliphatic heterocycles. The summed E-state index contributed by atoms with van der Waals surface area (Å²) in [7, 11) is 0. The van der Waals surface area contributed by atoms with Gasteiger partial charge < -0.3 is 15.2 Å². The largest absolute Gasteiger partial charge is 0.372 e. The van der Waals surface area contributed by atoms with Gasteiger partial charge in [0, 0.05) is 29.5 Å². The van der Waals surface area contributed by atoms with Gasteiger partial charge in [0.1, 0.15) is 0 Å². The zero-order valence-corrected chi connectivity index (χ0v) is 16.7. The summed E-state index contributed by atoms with van der Waals surface area (Å²) in [6, 6.07) is 11.7. The van der Waals surface area contributed by atoms with Gasteiger partial charge in [-0.1, -0.05) is 23.4 Å². The Balaban J connectivity index is 1.37. The van der Waals surface area contributed by atoms with Gasteiger partial charge in [-0.3, -0.25) is 4.79 Å². The molecule has 0 atom stereocenters. The van der Waals surface area contributed by atoms with Gasteiger partial charge in [0.15, 0.2) is 5.16 Å². The molecule has 1 aliphatic rings. The minimum atomic E-state index is -0.0458. The van der Waals surface area contributed by atoms with Crippen LogP contribution < -0.4 is 10.2 Å². The van der Waals surface area contributed by atoms with E-state index in [1.54, 1.807) is 6.07 Å². The second-order valence-electron chi connectivity index (χ2n) is 6.73. The summed E-state index contributed by atoms with van der Waals surface area (Å²) in [5.74, 6) is 0.247. The van der Waals surface area contributed by atoms with Crippen molar-refractivity contribution in [2.24, 2.45) is 0 Å². The zero-order valence-electron chi connectivity index (χ0n) is 15.1. The summed E-state index contributed by atoms with van der Waals surface area (Å²) in [5, 5.41) is 4.37. The van der Waals surface area contributed by atoms with Crippen molar-refractivity contribution in [2.75, 3.05) is 29.1 Å². The summed E-state index contributed by atoms with van der Waals surface area (Å²) in [6.07, 6.45) is 2.51. The van der Waals surface area contributed by atoms with E-state index in [2.05, 4.69) is 32.3 Å². The molecular formula is C20H21ClN4OS. The van der Waals surface area contributed by atoms with E-state index in [1.807, 2.05) is 25.1 Å². The molecule has 1 amide bonds. The van der Waals surface area contributed by atoms with Crippen LogP contribution in [0, 0.1) is 6.92 Å². The molecule has 0 bridgehead atoms. The van der Waals surface area contributed by atoms with Crippen molar-refractivity contribution in [3.63, 3.8) is 0 Å². The van der Waals surface area contributed by atoms with Gasteiger partial charge in [-0.2, -0.15) is 0 Å². The van der Waals surface area contributed by atoms with Crippen LogP contribution in [0.5, 0.6) is 0 Å². The van der Waals surface area contributed by atoms with Gasteiger partial charge in [0.05, 0.1) is 16.8 Å². The number of nitrogens with zero attached hydrogens (tertiary/aromatic N) is 2. The number of H-pyrrole nitrogens is 1. The number of benzene rings is 2. The lowest BCUT2D eigenvalue weighted by Crippen LogP contribution is -2.18. The van der Waals surface area contributed by atoms with Gasteiger partial charge >= 0.3 is 0 Å². The molecule has 5 nitrogen and oxygen atoms in total. The van der Waals surface area contributed by atoms with Gasteiger partial charge in [-0.05, 0) is 61.7 Å². The Kier molecular flexibility index (Phi) is 5.27. The van der Waals surface area contributed by atoms with Crippen LogP contribution in [0.15, 0.2) is 41.6 Å². The molecule has 0 aliphatic carbocycles. The Labute approximate surface area is 167 Å². The molecule has 1 saturated heterocycles. The second-order valence-corrected chi connectivity index (χ2v) is 8.13. The molecule has 3 aromatic rings. The first-order valence-electron chi connectivity index (χ1n) is 9.02. The van der Waals surface area contributed by atoms with E-state index < -0.39 is 0 Å². The number of amides is 1. The number of rotatable bonds is 5. The average molecular weight is 401 g/mol. The summed E-state index contributed by atoms with van der Waals surface area (Å²) in [4.78, 5) is 22.4. The van der Waals surface area contributed by atoms with Crippen molar-refractivity contribution in [3.8, 4) is 0 Å². The fraction of sp³-hybridized carbons (Fsp3) is 0.300. The highest BCUT2D eigenvalue weighted by molar-refractivity contribution is 7.99. The van der Waals surface area contributed by atoms with Gasteiger partial charge in [-0.25, -0.2) is 4.98 Å². The van der Waals surface area contributed by atoms with Crippen molar-refractivity contribution in [1.82, 2.24) is 9.97 Å². The molecule has 1 aromatic heterocycles. The number of imidazole rings is 1. The highest BCUT2D eigenvalue weighted by Gasteiger charge is 2.14. The minimum absolute atomic E-state index is 0.0458. The maximum atomic E-state index is 12.3. The molecule has 0 spiro atoms. The van der Waals surface area contributed by atoms with Crippen molar-refractivity contribution >= 4 is 51.7 Å². The highest BCUT2D eigenvalue weighted by atomic mass is 35.5. The van der Waals surface area contributed by atoms with Crippen molar-refractivity contribution in [1.29, 1.82) is 0 Å². The van der Waals surface area contributed by atoms with E-state index in [9.17, 15) is 4.79 Å². The Morgan fingerprint density at radius 2 is 2.07 bits per heavy atom. The first-order valence-corrected chi connectivity index (χ1v) is 10.4. The lowest BCUT2D eigenvalue weighted by Gasteiger charge is -2.19. The fourth-order valence-electron chi connectivity index (χ4n) is 3.31. The lowest BCUT2D eigenvalue weighted by molar-refractivity contribution is -0.113. The number of carbonyl (C=O) groups is 1. The third-order valence-corrected chi connectivity index (χ3v) is 5.83. The number of aromatic nitrogens is 2. The van der Waals surface area contributed by atoms with E-state index in [0.717, 1.165) is 35.4 Å². The molecule has 0 unspecified atom stereocenters. The number of fused-ring (bicyclic) bond motifs is 1. The number of hydrogen-bond acceptors (Lipinski definition) is 4. The molecule has 2 heterocycles. The minimum Gasteiger partial charge on any atom is -0.372 e. The van der Waals surface area contributed by atoms with E-state index >= 15 is 0 Å². The third-order valence-electron chi connectivity index (χ3n) is 4.72. The second kappa shape index (κ2) is 7.82. The first kappa shape index (κ1) is 18.2. The summed E-state index contributed by atoms with van der Waals surface area (Å²) >= 11 is 7.37. The van der Waals surface area contributed by atoms with Crippen LogP contribution in [0.25, 0.3) is 11.0 Å². The first-order chi connectivity index (χ1) is 13.1. The molecule has 0 radical (unpaired) electrons. The number of thioether (sulfide) groups is 1. The third kappa shape index (κ3) is 4.22. The van der Waals surface area contributed by atoms with Crippen molar-refractivity contribution < 1.29 is 4.79 Å². The number of nitrogens with one attached hydrogen (secondary N) is 2. The molecule has 140 valence electrons. The van der Waals surface area contributed by atoms with Crippen LogP contribution in [0.1, 0.15) is 18.4 Å². The number of halogens is 1. The predicted octanol–water partition coefficient (Wildman–Crippen LogP) is 4.86. The Bertz CT molecular complexity index is 981. The van der Waals surface area contributed by atoms with Crippen LogP contribution >= 0.6 is 23.4 Å². The molecule has 0 saturated carbocycles. The number of aryl methyl sites for hydroxylation is 1. The van der Waals surface area contributed by atoms with Crippen LogP contribution in [0.4, 0.5) is 11.4 Å². The number of aromatic amines is 1. The molecule has 7 heteroatoms. The topological polar surface area (TPSA) is 61.0 Å². The Morgan fingerprint density at radius 1 is 1.26 bits per heavy atom. The predicted molar refractivity (Wildman–Crippen MR) is 113 cm³/mol. The molecule has 27 heavy (non-hydrogen) atoms. The van der Waals surface area contributed by atoms with Crippen LogP contribution in [-0.4, -0.2) is 34.7 Å². The van der Waals surface area contributed by atoms with E-state index in [0.29, 0.717) is 15.9 Å². The SMILES string of the molecule is Cc1cc(N2CCCC2)ccc1NC(=O)CSc1nc2ccc(Cl)cc2[nH]1. The number of anilines is 2. The average Bonchev–Trinajstić information content (AvgIpc) is 3.30. The lowest BCUT2D eigenvalue weighted by atomic mass is 10.1. The zero-order chi connectivity index (χ0) is 18.8. The van der Waals surface area contributed by atoms with Gasteiger partial charge in [-0.15, -0.1) is 0 Å². The standard InChI is InChI=1S/C20H21ClN4OS/c1-13-10-15(25-8-2-3-9-25)5-7-16(13)22-19(26)12-27-20-23-17-6-4-14(21)11-18(17)24-20/h4-7,10-11H,2-3,8-9,12H2,1H3,(H,22,26)(H,23,24). The Morgan fingerprint density at radius 3 is 2.85 bits per heavy atom. The van der Waals surface area contributed by atoms with Crippen LogP contribution in [-0.2, 0) is 4.79 Å². The van der Waals surface area contributed by atoms with Crippen molar-refractivity contribution in [2.45, 2.75) is 24.9 Å². The van der Waals surface area contributed by atoms with E-state index in [1.165, 1.54) is 30.3 Å². The maximum Gasteiger partial charge on any atom is 0.234 e. The van der Waals surface area contributed by atoms with E-state index in [-0.39, 0.29) is 5.91 Å². The van der Waals surface area contributed by atoms with Crippen LogP contribution in [0.2, 0.25) is 5.02 Å². The summed E-state index contributed by atoms with van der Waals surface area (Å²) in [6.45, 7) is 4.26. The highest BCUT2D eigenvalue weighted by Crippen LogP contribution is 2.26. The molecule has 2 N–H and O–H groups in total. The summed E-state index contributed by atoms with van der Waals surface area (Å²) in [5.41, 5.74) is 4.89. The number of hydrogen-bond donors (Lipinski definition) is 2. The Hall–Kier alpha value is -2.18. The molecule has 2 aromatic carbocycles. The van der Waals surface area contributed by atoms with Crippen molar-refractivity contribution in [3.05, 3.63) is 47.0 Å². The quantitative estimate of drug-likeness (QED) is 0.600. The normalized spacial score (nSPS) is 14.1. The number of carbonyl (C=O) groups excluding carboxylic acids is 1. The molecular weight excluding hydrogens is 380 g/mol. The smallest absolute Gasteiger partial charge is 0.234 e. The van der Waals surface area contributed by atoms with E-state index in [4.69, 9.17) is 11.6 Å². The fourth-order valence-corrected chi connectivity index (χ4v) is 4.16. The van der Waals surface area contributed by atoms with Gasteiger partial charge in [0.2, 0.25) is 5.91 Å². The van der Waals surface area contributed by atoms with Gasteiger partial charge in [0.25, 0.3) is 0 Å². The summed E-state index contributed by atoms with van der Waals surface area (Å²) < 4.78 is 0. The monoisotopic (exact) mass is 400 g/mol. The maximum absolute atomic E-state index is 12.3. The molecule has 4 rings (SSSR count).